The zero-order valence-electron chi connectivity index (χ0n) is 16.8. The Morgan fingerprint density at radius 3 is 2.71 bits per heavy atom. The summed E-state index contributed by atoms with van der Waals surface area (Å²) in [6.07, 6.45) is 8.86. The monoisotopic (exact) mass is 418 g/mol. The summed E-state index contributed by atoms with van der Waals surface area (Å²) in [5.41, 5.74) is 1.25. The minimum Gasteiger partial charge on any atom is -0.355 e. The zero-order chi connectivity index (χ0) is 19.8. The Labute approximate surface area is 176 Å². The van der Waals surface area contributed by atoms with Gasteiger partial charge in [0.1, 0.15) is 5.82 Å². The second-order valence-corrected chi connectivity index (χ2v) is 9.35. The lowest BCUT2D eigenvalue weighted by Gasteiger charge is -2.16. The summed E-state index contributed by atoms with van der Waals surface area (Å²) >= 11 is 3.35. The fourth-order valence-corrected chi connectivity index (χ4v) is 5.06. The highest BCUT2D eigenvalue weighted by atomic mass is 32.2. The van der Waals surface area contributed by atoms with E-state index < -0.39 is 0 Å². The minimum atomic E-state index is -0.0505. The molecular formula is C21H30N4OS2. The van der Waals surface area contributed by atoms with Crippen molar-refractivity contribution in [3.8, 4) is 0 Å². The highest BCUT2D eigenvalue weighted by Crippen LogP contribution is 2.33. The first-order chi connectivity index (χ1) is 13.7. The number of hydrogen-bond donors (Lipinski definition) is 1. The molecule has 1 saturated carbocycles. The van der Waals surface area contributed by atoms with E-state index in [4.69, 9.17) is 0 Å². The molecule has 2 aromatic rings. The highest BCUT2D eigenvalue weighted by Gasteiger charge is 2.23. The van der Waals surface area contributed by atoms with Gasteiger partial charge < -0.3 is 9.88 Å². The Hall–Kier alpha value is -1.47. The number of benzene rings is 1. The first-order valence-corrected chi connectivity index (χ1v) is 12.4. The van der Waals surface area contributed by atoms with Crippen LogP contribution in [-0.4, -0.2) is 38.7 Å². The second kappa shape index (κ2) is 10.9. The number of nitrogens with one attached hydrogen (secondary N) is 1. The lowest BCUT2D eigenvalue weighted by atomic mass is 10.2. The lowest BCUT2D eigenvalue weighted by Crippen LogP contribution is -2.32. The number of rotatable bonds is 10. The molecule has 3 rings (SSSR count). The number of aryl methyl sites for hydroxylation is 1. The maximum absolute atomic E-state index is 12.3. The van der Waals surface area contributed by atoms with E-state index in [1.54, 1.807) is 23.5 Å². The summed E-state index contributed by atoms with van der Waals surface area (Å²) in [5.74, 6) is 2.04. The molecule has 1 amide bonds. The van der Waals surface area contributed by atoms with Crippen LogP contribution in [-0.2, 0) is 17.0 Å². The summed E-state index contributed by atoms with van der Waals surface area (Å²) in [5, 5.41) is 12.8. The molecule has 0 saturated heterocycles. The molecule has 1 unspecified atom stereocenters. The van der Waals surface area contributed by atoms with E-state index in [0.29, 0.717) is 12.6 Å². The third-order valence-electron chi connectivity index (χ3n) is 5.20. The third-order valence-corrected chi connectivity index (χ3v) is 7.05. The standard InChI is InChI=1S/C21H30N4OS2/c1-16(28-15-17-9-4-3-5-10-17)20(26)22-14-8-13-19-23-24-21(27-2)25(19)18-11-6-7-12-18/h3-5,9-10,16,18H,6-8,11-15H2,1-2H3,(H,22,26). The van der Waals surface area contributed by atoms with Gasteiger partial charge in [-0.2, -0.15) is 0 Å². The SMILES string of the molecule is CSc1nnc(CCCNC(=O)C(C)SCc2ccccc2)n1C1CCCC1. The predicted octanol–water partition coefficient (Wildman–Crippen LogP) is 4.49. The second-order valence-electron chi connectivity index (χ2n) is 7.24. The summed E-state index contributed by atoms with van der Waals surface area (Å²) in [6.45, 7) is 2.66. The number of aromatic nitrogens is 3. The number of thioether (sulfide) groups is 2. The Kier molecular flexibility index (Phi) is 8.27. The summed E-state index contributed by atoms with van der Waals surface area (Å²) in [7, 11) is 0. The van der Waals surface area contributed by atoms with Gasteiger partial charge in [-0.05, 0) is 38.0 Å². The fraction of sp³-hybridized carbons (Fsp3) is 0.571. The van der Waals surface area contributed by atoms with E-state index in [1.165, 1.54) is 31.2 Å². The van der Waals surface area contributed by atoms with Crippen molar-refractivity contribution in [1.82, 2.24) is 20.1 Å². The Bertz CT molecular complexity index is 744. The molecule has 1 fully saturated rings. The van der Waals surface area contributed by atoms with E-state index in [2.05, 4.69) is 38.5 Å². The molecule has 5 nitrogen and oxygen atoms in total. The molecular weight excluding hydrogens is 388 g/mol. The van der Waals surface area contributed by atoms with Crippen LogP contribution in [0.25, 0.3) is 0 Å². The van der Waals surface area contributed by atoms with Crippen LogP contribution in [0.1, 0.15) is 56.5 Å². The molecule has 28 heavy (non-hydrogen) atoms. The maximum Gasteiger partial charge on any atom is 0.232 e. The van der Waals surface area contributed by atoms with Gasteiger partial charge in [0.25, 0.3) is 0 Å². The molecule has 0 spiro atoms. The summed E-state index contributed by atoms with van der Waals surface area (Å²) in [4.78, 5) is 12.3. The average Bonchev–Trinajstić information content (AvgIpc) is 3.39. The van der Waals surface area contributed by atoms with Gasteiger partial charge in [-0.15, -0.1) is 22.0 Å². The van der Waals surface area contributed by atoms with Crippen molar-refractivity contribution in [3.05, 3.63) is 41.7 Å². The van der Waals surface area contributed by atoms with Crippen LogP contribution in [0.4, 0.5) is 0 Å². The molecule has 0 aliphatic heterocycles. The number of carbonyl (C=O) groups excluding carboxylic acids is 1. The van der Waals surface area contributed by atoms with Crippen molar-refractivity contribution in [2.75, 3.05) is 12.8 Å². The van der Waals surface area contributed by atoms with Gasteiger partial charge in [-0.25, -0.2) is 0 Å². The largest absolute Gasteiger partial charge is 0.355 e. The Morgan fingerprint density at radius 1 is 1.25 bits per heavy atom. The average molecular weight is 419 g/mol. The van der Waals surface area contributed by atoms with Crippen molar-refractivity contribution >= 4 is 29.4 Å². The molecule has 0 radical (unpaired) electrons. The summed E-state index contributed by atoms with van der Waals surface area (Å²) < 4.78 is 2.35. The van der Waals surface area contributed by atoms with Crippen molar-refractivity contribution in [1.29, 1.82) is 0 Å². The van der Waals surface area contributed by atoms with Crippen LogP contribution >= 0.6 is 23.5 Å². The van der Waals surface area contributed by atoms with Gasteiger partial charge >= 0.3 is 0 Å². The van der Waals surface area contributed by atoms with Crippen LogP contribution in [0.5, 0.6) is 0 Å². The van der Waals surface area contributed by atoms with Gasteiger partial charge in [0.15, 0.2) is 5.16 Å². The van der Waals surface area contributed by atoms with Crippen LogP contribution in [0.15, 0.2) is 35.5 Å². The summed E-state index contributed by atoms with van der Waals surface area (Å²) in [6, 6.07) is 10.8. The topological polar surface area (TPSA) is 59.8 Å². The molecule has 1 N–H and O–H groups in total. The highest BCUT2D eigenvalue weighted by molar-refractivity contribution is 7.99. The molecule has 152 valence electrons. The maximum atomic E-state index is 12.3. The van der Waals surface area contributed by atoms with E-state index in [1.807, 2.05) is 25.1 Å². The molecule has 1 aromatic carbocycles. The normalized spacial score (nSPS) is 15.6. The van der Waals surface area contributed by atoms with E-state index in [-0.39, 0.29) is 11.2 Å². The number of amides is 1. The minimum absolute atomic E-state index is 0.0505. The number of nitrogens with zero attached hydrogens (tertiary/aromatic N) is 3. The molecule has 1 aliphatic carbocycles. The number of carbonyl (C=O) groups is 1. The third kappa shape index (κ3) is 5.77. The Balaban J connectivity index is 1.41. The van der Waals surface area contributed by atoms with E-state index in [0.717, 1.165) is 29.6 Å². The molecule has 1 atom stereocenters. The van der Waals surface area contributed by atoms with Gasteiger partial charge in [0.05, 0.1) is 5.25 Å². The number of hydrogen-bond acceptors (Lipinski definition) is 5. The van der Waals surface area contributed by atoms with Gasteiger partial charge in [0, 0.05) is 24.8 Å². The van der Waals surface area contributed by atoms with E-state index in [9.17, 15) is 4.79 Å². The van der Waals surface area contributed by atoms with Crippen molar-refractivity contribution in [2.24, 2.45) is 0 Å². The molecule has 1 aliphatic rings. The molecule has 1 aromatic heterocycles. The smallest absolute Gasteiger partial charge is 0.232 e. The van der Waals surface area contributed by atoms with Crippen molar-refractivity contribution < 1.29 is 4.79 Å². The molecule has 1 heterocycles. The van der Waals surface area contributed by atoms with Crippen LogP contribution in [0, 0.1) is 0 Å². The van der Waals surface area contributed by atoms with Crippen molar-refractivity contribution in [3.63, 3.8) is 0 Å². The quantitative estimate of drug-likeness (QED) is 0.455. The van der Waals surface area contributed by atoms with Gasteiger partial charge in [-0.1, -0.05) is 54.9 Å². The van der Waals surface area contributed by atoms with Gasteiger partial charge in [-0.3, -0.25) is 4.79 Å². The lowest BCUT2D eigenvalue weighted by molar-refractivity contribution is -0.120. The van der Waals surface area contributed by atoms with E-state index >= 15 is 0 Å². The zero-order valence-corrected chi connectivity index (χ0v) is 18.4. The molecule has 7 heteroatoms. The molecule has 0 bridgehead atoms. The van der Waals surface area contributed by atoms with Gasteiger partial charge in [0.2, 0.25) is 5.91 Å². The predicted molar refractivity (Wildman–Crippen MR) is 118 cm³/mol. The fourth-order valence-electron chi connectivity index (χ4n) is 3.62. The first kappa shape index (κ1) is 21.2. The van der Waals surface area contributed by atoms with Crippen molar-refractivity contribution in [2.45, 2.75) is 67.6 Å². The van der Waals surface area contributed by atoms with Crippen LogP contribution < -0.4 is 5.32 Å². The van der Waals surface area contributed by atoms with Crippen LogP contribution in [0.2, 0.25) is 0 Å². The first-order valence-electron chi connectivity index (χ1n) is 10.1. The van der Waals surface area contributed by atoms with Crippen LogP contribution in [0.3, 0.4) is 0 Å². The Morgan fingerprint density at radius 2 is 2.00 bits per heavy atom.